The highest BCUT2D eigenvalue weighted by molar-refractivity contribution is 7.92. The molecule has 0 atom stereocenters. The molecule has 0 aliphatic rings. The van der Waals surface area contributed by atoms with Crippen molar-refractivity contribution in [3.63, 3.8) is 0 Å². The lowest BCUT2D eigenvalue weighted by molar-refractivity contribution is -0.116. The number of sulfone groups is 1. The van der Waals surface area contributed by atoms with Gasteiger partial charge in [-0.3, -0.25) is 9.69 Å². The van der Waals surface area contributed by atoms with Gasteiger partial charge in [0.1, 0.15) is 5.75 Å². The minimum Gasteiger partial charge on any atom is -0.308 e. The summed E-state index contributed by atoms with van der Waals surface area (Å²) in [5, 5.41) is 0.532. The normalized spacial score (nSPS) is 11.9. The molecule has 0 spiro atoms. The van der Waals surface area contributed by atoms with Crippen LogP contribution in [-0.2, 0) is 14.6 Å². The summed E-state index contributed by atoms with van der Waals surface area (Å²) in [6.45, 7) is 6.88. The van der Waals surface area contributed by atoms with Gasteiger partial charge in [0.05, 0.1) is 15.1 Å². The number of hydrogen-bond acceptors (Lipinski definition) is 6. The number of carbonyl (C=O) groups excluding carboxylic acids is 1. The van der Waals surface area contributed by atoms with Gasteiger partial charge in [-0.15, -0.1) is 0 Å². The fourth-order valence-electron chi connectivity index (χ4n) is 3.17. The van der Waals surface area contributed by atoms with Gasteiger partial charge in [-0.2, -0.15) is 0 Å². The molecule has 0 unspecified atom stereocenters. The number of anilines is 1. The third kappa shape index (κ3) is 5.06. The van der Waals surface area contributed by atoms with Crippen molar-refractivity contribution in [1.82, 2.24) is 9.88 Å². The van der Waals surface area contributed by atoms with E-state index < -0.39 is 21.5 Å². The van der Waals surface area contributed by atoms with Crippen LogP contribution in [0.1, 0.15) is 16.7 Å². The summed E-state index contributed by atoms with van der Waals surface area (Å²) in [4.78, 5) is 21.4. The van der Waals surface area contributed by atoms with Crippen molar-refractivity contribution in [2.45, 2.75) is 25.7 Å². The summed E-state index contributed by atoms with van der Waals surface area (Å²) in [6.07, 6.45) is 0. The van der Waals surface area contributed by atoms with Gasteiger partial charge in [-0.25, -0.2) is 13.4 Å². The van der Waals surface area contributed by atoms with E-state index >= 15 is 0 Å². The zero-order valence-corrected chi connectivity index (χ0v) is 19.6. The molecule has 1 heterocycles. The van der Waals surface area contributed by atoms with E-state index in [2.05, 4.69) is 11.1 Å². The molecule has 30 heavy (non-hydrogen) atoms. The highest BCUT2D eigenvalue weighted by atomic mass is 32.2. The second-order valence-corrected chi connectivity index (χ2v) is 10.8. The molecule has 1 aromatic heterocycles. The molecule has 8 heteroatoms. The zero-order chi connectivity index (χ0) is 22.1. The molecule has 2 aromatic carbocycles. The van der Waals surface area contributed by atoms with Gasteiger partial charge in [-0.05, 0) is 64.2 Å². The Morgan fingerprint density at radius 1 is 1.00 bits per heavy atom. The van der Waals surface area contributed by atoms with Gasteiger partial charge >= 0.3 is 0 Å². The molecule has 3 rings (SSSR count). The summed E-state index contributed by atoms with van der Waals surface area (Å²) >= 11 is 1.42. The first-order valence-electron chi connectivity index (χ1n) is 9.69. The molecule has 0 radical (unpaired) electrons. The van der Waals surface area contributed by atoms with E-state index in [0.717, 1.165) is 26.9 Å². The SMILES string of the molecule is Cc1ccc(S(=O)(=O)CC(=O)N(CCN(C)C)c2nc3c(C)cc(C)cc3s2)cc1. The average molecular weight is 446 g/mol. The Morgan fingerprint density at radius 3 is 2.30 bits per heavy atom. The number of thiazole rings is 1. The second kappa shape index (κ2) is 8.83. The van der Waals surface area contributed by atoms with Crippen LogP contribution in [0.25, 0.3) is 10.2 Å². The lowest BCUT2D eigenvalue weighted by atomic mass is 10.1. The number of aromatic nitrogens is 1. The Hall–Kier alpha value is -2.29. The first kappa shape index (κ1) is 22.4. The predicted molar refractivity (Wildman–Crippen MR) is 123 cm³/mol. The van der Waals surface area contributed by atoms with Crippen molar-refractivity contribution < 1.29 is 13.2 Å². The van der Waals surface area contributed by atoms with Crippen LogP contribution in [0.4, 0.5) is 5.13 Å². The van der Waals surface area contributed by atoms with Gasteiger partial charge < -0.3 is 4.90 Å². The Bertz CT molecular complexity index is 1170. The highest BCUT2D eigenvalue weighted by Gasteiger charge is 2.26. The molecule has 0 fully saturated rings. The molecule has 6 nitrogen and oxygen atoms in total. The Kier molecular flexibility index (Phi) is 6.59. The van der Waals surface area contributed by atoms with E-state index in [-0.39, 0.29) is 4.90 Å². The predicted octanol–water partition coefficient (Wildman–Crippen LogP) is 3.59. The quantitative estimate of drug-likeness (QED) is 0.556. The van der Waals surface area contributed by atoms with Crippen molar-refractivity contribution in [3.8, 4) is 0 Å². The number of carbonyl (C=O) groups is 1. The molecule has 1 amide bonds. The summed E-state index contributed by atoms with van der Waals surface area (Å²) in [5.41, 5.74) is 3.99. The fraction of sp³-hybridized carbons (Fsp3) is 0.364. The molecule has 0 N–H and O–H groups in total. The van der Waals surface area contributed by atoms with Crippen molar-refractivity contribution in [2.75, 3.05) is 37.8 Å². The van der Waals surface area contributed by atoms with Crippen LogP contribution in [0, 0.1) is 20.8 Å². The number of amides is 1. The van der Waals surface area contributed by atoms with Crippen molar-refractivity contribution in [3.05, 3.63) is 53.1 Å². The standard InChI is InChI=1S/C22H27N3O3S2/c1-15-6-8-18(9-7-15)30(27,28)14-20(26)25(11-10-24(4)5)22-23-21-17(3)12-16(2)13-19(21)29-22/h6-9,12-13H,10-11,14H2,1-5H3. The molecular weight excluding hydrogens is 418 g/mol. The van der Waals surface area contributed by atoms with E-state index in [1.807, 2.05) is 45.8 Å². The fourth-order valence-corrected chi connectivity index (χ4v) is 5.55. The van der Waals surface area contributed by atoms with Gasteiger partial charge in [0.15, 0.2) is 15.0 Å². The lowest BCUT2D eigenvalue weighted by Crippen LogP contribution is -2.40. The number of benzene rings is 2. The van der Waals surface area contributed by atoms with E-state index in [0.29, 0.717) is 18.2 Å². The summed E-state index contributed by atoms with van der Waals surface area (Å²) < 4.78 is 26.6. The number of fused-ring (bicyclic) bond motifs is 1. The third-order valence-electron chi connectivity index (χ3n) is 4.81. The van der Waals surface area contributed by atoms with Crippen LogP contribution in [0.5, 0.6) is 0 Å². The zero-order valence-electron chi connectivity index (χ0n) is 18.0. The van der Waals surface area contributed by atoms with E-state index in [1.54, 1.807) is 24.3 Å². The molecular formula is C22H27N3O3S2. The van der Waals surface area contributed by atoms with E-state index in [1.165, 1.54) is 16.2 Å². The minimum absolute atomic E-state index is 0.157. The van der Waals surface area contributed by atoms with Crippen LogP contribution in [0.3, 0.4) is 0 Å². The minimum atomic E-state index is -3.74. The van der Waals surface area contributed by atoms with E-state index in [9.17, 15) is 13.2 Å². The highest BCUT2D eigenvalue weighted by Crippen LogP contribution is 2.32. The number of nitrogens with zero attached hydrogens (tertiary/aromatic N) is 3. The van der Waals surface area contributed by atoms with E-state index in [4.69, 9.17) is 0 Å². The molecule has 0 saturated carbocycles. The van der Waals surface area contributed by atoms with Crippen LogP contribution < -0.4 is 4.90 Å². The largest absolute Gasteiger partial charge is 0.308 e. The Morgan fingerprint density at radius 2 is 1.67 bits per heavy atom. The van der Waals surface area contributed by atoms with Crippen LogP contribution >= 0.6 is 11.3 Å². The first-order chi connectivity index (χ1) is 14.1. The van der Waals surface area contributed by atoms with Gasteiger partial charge in [0.2, 0.25) is 5.91 Å². The summed E-state index contributed by atoms with van der Waals surface area (Å²) in [5.74, 6) is -1.05. The molecule has 0 aliphatic heterocycles. The maximum atomic E-state index is 13.1. The summed E-state index contributed by atoms with van der Waals surface area (Å²) in [7, 11) is 0.0877. The Labute approximate surface area is 182 Å². The maximum Gasteiger partial charge on any atom is 0.244 e. The van der Waals surface area contributed by atoms with Gasteiger partial charge in [-0.1, -0.05) is 35.1 Å². The Balaban J connectivity index is 1.94. The second-order valence-electron chi connectivity index (χ2n) is 7.85. The topological polar surface area (TPSA) is 70.6 Å². The smallest absolute Gasteiger partial charge is 0.244 e. The van der Waals surface area contributed by atoms with Crippen molar-refractivity contribution in [2.24, 2.45) is 0 Å². The maximum absolute atomic E-state index is 13.1. The molecule has 160 valence electrons. The van der Waals surface area contributed by atoms with Crippen molar-refractivity contribution >= 4 is 42.4 Å². The number of hydrogen-bond donors (Lipinski definition) is 0. The van der Waals surface area contributed by atoms with Crippen LogP contribution in [0.2, 0.25) is 0 Å². The van der Waals surface area contributed by atoms with Crippen molar-refractivity contribution in [1.29, 1.82) is 0 Å². The summed E-state index contributed by atoms with van der Waals surface area (Å²) in [6, 6.07) is 10.7. The first-order valence-corrected chi connectivity index (χ1v) is 12.2. The molecule has 0 bridgehead atoms. The molecule has 0 aliphatic carbocycles. The third-order valence-corrected chi connectivity index (χ3v) is 7.46. The number of rotatable bonds is 7. The monoisotopic (exact) mass is 445 g/mol. The average Bonchev–Trinajstić information content (AvgIpc) is 3.05. The number of aryl methyl sites for hydroxylation is 3. The molecule has 0 saturated heterocycles. The molecule has 3 aromatic rings. The number of likely N-dealkylation sites (N-methyl/N-ethyl adjacent to an activating group) is 1. The van der Waals surface area contributed by atoms with Crippen LogP contribution in [0.15, 0.2) is 41.3 Å². The van der Waals surface area contributed by atoms with Gasteiger partial charge in [0.25, 0.3) is 0 Å². The lowest BCUT2D eigenvalue weighted by Gasteiger charge is -2.22. The van der Waals surface area contributed by atoms with Crippen LogP contribution in [-0.4, -0.2) is 57.1 Å². The van der Waals surface area contributed by atoms with Gasteiger partial charge in [0, 0.05) is 13.1 Å².